The zero-order chi connectivity index (χ0) is 14.6. The van der Waals surface area contributed by atoms with E-state index in [1.807, 2.05) is 6.92 Å². The molecule has 2 rings (SSSR count). The zero-order valence-corrected chi connectivity index (χ0v) is 11.6. The number of hydrogen-bond acceptors (Lipinski definition) is 5. The summed E-state index contributed by atoms with van der Waals surface area (Å²) < 4.78 is 38.9. The van der Waals surface area contributed by atoms with Crippen LogP contribution in [-0.4, -0.2) is 21.5 Å². The lowest BCUT2D eigenvalue weighted by molar-refractivity contribution is -0.141. The van der Waals surface area contributed by atoms with E-state index in [-0.39, 0.29) is 16.4 Å². The molecule has 0 saturated carbocycles. The van der Waals surface area contributed by atoms with E-state index in [9.17, 15) is 13.2 Å². The van der Waals surface area contributed by atoms with Crippen LogP contribution >= 0.6 is 11.3 Å². The molecular formula is C12H13F3N4S. The van der Waals surface area contributed by atoms with Crippen LogP contribution in [0.25, 0.3) is 10.7 Å². The Morgan fingerprint density at radius 3 is 2.70 bits per heavy atom. The maximum atomic E-state index is 13.0. The minimum atomic E-state index is -4.46. The molecular weight excluding hydrogens is 289 g/mol. The Morgan fingerprint density at radius 2 is 2.10 bits per heavy atom. The average molecular weight is 302 g/mol. The first-order valence-electron chi connectivity index (χ1n) is 6.06. The van der Waals surface area contributed by atoms with Crippen molar-refractivity contribution in [2.45, 2.75) is 26.1 Å². The molecule has 0 atom stereocenters. The van der Waals surface area contributed by atoms with E-state index in [1.54, 1.807) is 0 Å². The normalized spacial score (nSPS) is 11.8. The number of thiazole rings is 1. The molecule has 2 aromatic heterocycles. The van der Waals surface area contributed by atoms with Crippen molar-refractivity contribution in [1.29, 1.82) is 0 Å². The lowest BCUT2D eigenvalue weighted by Gasteiger charge is -2.06. The monoisotopic (exact) mass is 302 g/mol. The van der Waals surface area contributed by atoms with E-state index in [0.29, 0.717) is 12.2 Å². The molecule has 0 aliphatic carbocycles. The summed E-state index contributed by atoms with van der Waals surface area (Å²) in [6, 6.07) is 0. The van der Waals surface area contributed by atoms with Crippen LogP contribution in [0.2, 0.25) is 0 Å². The first-order valence-corrected chi connectivity index (χ1v) is 6.88. The van der Waals surface area contributed by atoms with Crippen molar-refractivity contribution in [2.24, 2.45) is 0 Å². The second-order valence-electron chi connectivity index (χ2n) is 4.06. The van der Waals surface area contributed by atoms with Gasteiger partial charge in [-0.15, -0.1) is 11.3 Å². The first-order chi connectivity index (χ1) is 9.52. The van der Waals surface area contributed by atoms with Gasteiger partial charge in [0.1, 0.15) is 10.7 Å². The topological polar surface area (TPSA) is 50.7 Å². The molecule has 1 N–H and O–H groups in total. The zero-order valence-electron chi connectivity index (χ0n) is 10.7. The summed E-state index contributed by atoms with van der Waals surface area (Å²) in [5.74, 6) is 0. The number of nitrogens with zero attached hydrogens (tertiary/aromatic N) is 3. The number of halogens is 3. The second kappa shape index (κ2) is 6.27. The van der Waals surface area contributed by atoms with E-state index >= 15 is 0 Å². The van der Waals surface area contributed by atoms with Crippen molar-refractivity contribution >= 4 is 11.3 Å². The molecule has 108 valence electrons. The Labute approximate surface area is 118 Å². The van der Waals surface area contributed by atoms with Gasteiger partial charge in [-0.3, -0.25) is 9.97 Å². The fraction of sp³-hybridized carbons (Fsp3) is 0.417. The van der Waals surface area contributed by atoms with Gasteiger partial charge in [0.05, 0.1) is 11.1 Å². The summed E-state index contributed by atoms with van der Waals surface area (Å²) in [6.07, 6.45) is 0.699. The lowest BCUT2D eigenvalue weighted by Crippen LogP contribution is -2.17. The van der Waals surface area contributed by atoms with Crippen molar-refractivity contribution in [3.8, 4) is 10.7 Å². The predicted octanol–water partition coefficient (Wildman–Crippen LogP) is 3.12. The van der Waals surface area contributed by atoms with Crippen LogP contribution in [0.1, 0.15) is 23.9 Å². The third-order valence-corrected chi connectivity index (χ3v) is 3.54. The van der Waals surface area contributed by atoms with Gasteiger partial charge in [0.2, 0.25) is 0 Å². The fourth-order valence-electron chi connectivity index (χ4n) is 1.59. The molecule has 0 radical (unpaired) electrons. The Hall–Kier alpha value is -1.54. The third kappa shape index (κ3) is 3.51. The lowest BCUT2D eigenvalue weighted by atomic mass is 10.3. The maximum Gasteiger partial charge on any atom is 0.434 e. The Morgan fingerprint density at radius 1 is 1.30 bits per heavy atom. The molecule has 2 heterocycles. The number of aromatic nitrogens is 3. The summed E-state index contributed by atoms with van der Waals surface area (Å²) in [5, 5.41) is 3.20. The van der Waals surface area contributed by atoms with E-state index in [0.717, 1.165) is 17.8 Å². The van der Waals surface area contributed by atoms with Gasteiger partial charge in [-0.2, -0.15) is 13.2 Å². The van der Waals surface area contributed by atoms with E-state index in [1.165, 1.54) is 18.6 Å². The first kappa shape index (κ1) is 14.9. The van der Waals surface area contributed by atoms with E-state index in [2.05, 4.69) is 20.3 Å². The quantitative estimate of drug-likeness (QED) is 0.862. The molecule has 20 heavy (non-hydrogen) atoms. The van der Waals surface area contributed by atoms with Crippen LogP contribution in [0, 0.1) is 0 Å². The number of nitrogens with one attached hydrogen (secondary N) is 1. The fourth-order valence-corrected chi connectivity index (χ4v) is 2.60. The molecule has 2 aromatic rings. The largest absolute Gasteiger partial charge is 0.434 e. The molecule has 0 amide bonds. The third-order valence-electron chi connectivity index (χ3n) is 2.46. The van der Waals surface area contributed by atoms with Gasteiger partial charge >= 0.3 is 6.18 Å². The average Bonchev–Trinajstić information content (AvgIpc) is 2.84. The molecule has 0 unspecified atom stereocenters. The molecule has 0 aromatic carbocycles. The smallest absolute Gasteiger partial charge is 0.312 e. The van der Waals surface area contributed by atoms with Crippen molar-refractivity contribution in [2.75, 3.05) is 6.54 Å². The van der Waals surface area contributed by atoms with Crippen LogP contribution in [0.5, 0.6) is 0 Å². The number of hydrogen-bond donors (Lipinski definition) is 1. The van der Waals surface area contributed by atoms with Gasteiger partial charge in [-0.25, -0.2) is 4.98 Å². The molecule has 0 aliphatic rings. The van der Waals surface area contributed by atoms with Crippen molar-refractivity contribution in [3.63, 3.8) is 0 Å². The summed E-state index contributed by atoms with van der Waals surface area (Å²) in [6.45, 7) is 2.77. The molecule has 4 nitrogen and oxygen atoms in total. The Balaban J connectivity index is 2.32. The SMILES string of the molecule is CCCNCc1sc(-c2cnccn2)nc1C(F)(F)F. The highest BCUT2D eigenvalue weighted by Gasteiger charge is 2.37. The highest BCUT2D eigenvalue weighted by Crippen LogP contribution is 2.36. The number of alkyl halides is 3. The highest BCUT2D eigenvalue weighted by molar-refractivity contribution is 7.15. The van der Waals surface area contributed by atoms with Crippen LogP contribution in [0.4, 0.5) is 13.2 Å². The van der Waals surface area contributed by atoms with Gasteiger partial charge in [-0.1, -0.05) is 6.92 Å². The Kier molecular flexibility index (Phi) is 4.66. The summed E-state index contributed by atoms with van der Waals surface area (Å²) in [4.78, 5) is 11.7. The number of rotatable bonds is 5. The van der Waals surface area contributed by atoms with Gasteiger partial charge in [0, 0.05) is 18.9 Å². The van der Waals surface area contributed by atoms with Crippen LogP contribution in [0.3, 0.4) is 0 Å². The van der Waals surface area contributed by atoms with Gasteiger partial charge in [0.25, 0.3) is 0 Å². The van der Waals surface area contributed by atoms with Crippen molar-refractivity contribution in [3.05, 3.63) is 29.2 Å². The summed E-state index contributed by atoms with van der Waals surface area (Å²) >= 11 is 0.994. The van der Waals surface area contributed by atoms with E-state index in [4.69, 9.17) is 0 Å². The predicted molar refractivity (Wildman–Crippen MR) is 70.1 cm³/mol. The molecule has 0 saturated heterocycles. The van der Waals surface area contributed by atoms with Gasteiger partial charge in [0.15, 0.2) is 5.69 Å². The van der Waals surface area contributed by atoms with E-state index < -0.39 is 11.9 Å². The maximum absolute atomic E-state index is 13.0. The molecule has 0 fully saturated rings. The summed E-state index contributed by atoms with van der Waals surface area (Å²) in [7, 11) is 0. The molecule has 0 bridgehead atoms. The van der Waals surface area contributed by atoms with Crippen LogP contribution < -0.4 is 5.32 Å². The summed E-state index contributed by atoms with van der Waals surface area (Å²) in [5.41, 5.74) is -0.489. The molecule has 0 spiro atoms. The van der Waals surface area contributed by atoms with Crippen LogP contribution in [0.15, 0.2) is 18.6 Å². The minimum absolute atomic E-state index is 0.153. The molecule has 0 aliphatic heterocycles. The Bertz CT molecular complexity index is 554. The molecule has 8 heteroatoms. The van der Waals surface area contributed by atoms with Gasteiger partial charge < -0.3 is 5.32 Å². The highest BCUT2D eigenvalue weighted by atomic mass is 32.1. The minimum Gasteiger partial charge on any atom is -0.312 e. The second-order valence-corrected chi connectivity index (χ2v) is 5.14. The van der Waals surface area contributed by atoms with Crippen LogP contribution in [-0.2, 0) is 12.7 Å². The van der Waals surface area contributed by atoms with Gasteiger partial charge in [-0.05, 0) is 13.0 Å². The van der Waals surface area contributed by atoms with Crippen molar-refractivity contribution < 1.29 is 13.2 Å². The standard InChI is InChI=1S/C12H13F3N4S/c1-2-3-16-7-9-10(12(13,14)15)19-11(20-9)8-6-17-4-5-18-8/h4-6,16H,2-3,7H2,1H3. The van der Waals surface area contributed by atoms with Crippen molar-refractivity contribution in [1.82, 2.24) is 20.3 Å².